The van der Waals surface area contributed by atoms with Crippen molar-refractivity contribution in [3.8, 4) is 17.3 Å². The van der Waals surface area contributed by atoms with E-state index in [2.05, 4.69) is 16.3 Å². The van der Waals surface area contributed by atoms with E-state index < -0.39 is 0 Å². The van der Waals surface area contributed by atoms with Crippen LogP contribution in [0.5, 0.6) is 0 Å². The molecule has 4 rings (SSSR count). The number of benzene rings is 2. The van der Waals surface area contributed by atoms with Crippen molar-refractivity contribution in [2.45, 2.75) is 19.8 Å². The topological polar surface area (TPSA) is 81.9 Å². The average molecular weight is 385 g/mol. The molecule has 1 N–H and O–H groups in total. The highest BCUT2D eigenvalue weighted by atomic mass is 16.1. The van der Waals surface area contributed by atoms with Gasteiger partial charge in [0.2, 0.25) is 0 Å². The van der Waals surface area contributed by atoms with E-state index in [1.54, 1.807) is 12.1 Å². The fraction of sp³-hybridized carbons (Fsp3) is 0.304. The molecule has 0 radical (unpaired) electrons. The van der Waals surface area contributed by atoms with Crippen LogP contribution in [0, 0.1) is 17.2 Å². The number of hydrogen-bond acceptors (Lipinski definition) is 5. The summed E-state index contributed by atoms with van der Waals surface area (Å²) < 4.78 is 0. The Hall–Kier alpha value is -3.46. The zero-order valence-corrected chi connectivity index (χ0v) is 16.4. The van der Waals surface area contributed by atoms with Crippen LogP contribution < -0.4 is 10.2 Å². The number of rotatable bonds is 5. The third-order valence-electron chi connectivity index (χ3n) is 5.16. The summed E-state index contributed by atoms with van der Waals surface area (Å²) >= 11 is 0. The van der Waals surface area contributed by atoms with Crippen LogP contribution in [0.4, 0.5) is 5.82 Å². The van der Waals surface area contributed by atoms with Crippen molar-refractivity contribution >= 4 is 22.8 Å². The zero-order chi connectivity index (χ0) is 20.2. The maximum absolute atomic E-state index is 12.3. The van der Waals surface area contributed by atoms with Gasteiger partial charge in [-0.2, -0.15) is 5.26 Å². The summed E-state index contributed by atoms with van der Waals surface area (Å²) in [7, 11) is 0. The molecule has 1 fully saturated rings. The molecule has 2 aromatic carbocycles. The molecule has 6 nitrogen and oxygen atoms in total. The molecule has 1 atom stereocenters. The number of nitrogens with zero attached hydrogens (tertiary/aromatic N) is 4. The van der Waals surface area contributed by atoms with Crippen molar-refractivity contribution < 1.29 is 4.79 Å². The van der Waals surface area contributed by atoms with Crippen LogP contribution in [-0.4, -0.2) is 35.5 Å². The zero-order valence-electron chi connectivity index (χ0n) is 16.4. The molecule has 29 heavy (non-hydrogen) atoms. The van der Waals surface area contributed by atoms with E-state index in [9.17, 15) is 10.1 Å². The van der Waals surface area contributed by atoms with Gasteiger partial charge in [0.15, 0.2) is 5.82 Å². The second-order valence-electron chi connectivity index (χ2n) is 7.28. The van der Waals surface area contributed by atoms with Gasteiger partial charge in [0.1, 0.15) is 5.69 Å². The maximum Gasteiger partial charge on any atom is 0.251 e. The first-order chi connectivity index (χ1) is 14.2. The number of aromatic nitrogens is 2. The molecular formula is C23H23N5O. The number of fused-ring (bicyclic) bond motifs is 1. The summed E-state index contributed by atoms with van der Waals surface area (Å²) in [6.07, 6.45) is 1.72. The number of carbonyl (C=O) groups excluding carboxylic acids is 1. The Morgan fingerprint density at radius 2 is 2.03 bits per heavy atom. The van der Waals surface area contributed by atoms with E-state index in [-0.39, 0.29) is 11.8 Å². The largest absolute Gasteiger partial charge is 0.353 e. The Bertz CT molecular complexity index is 1070. The smallest absolute Gasteiger partial charge is 0.251 e. The molecular weight excluding hydrogens is 362 g/mol. The van der Waals surface area contributed by atoms with Gasteiger partial charge in [0.05, 0.1) is 23.0 Å². The Kier molecular flexibility index (Phi) is 5.39. The number of nitriles is 1. The second-order valence-corrected chi connectivity index (χ2v) is 7.28. The van der Waals surface area contributed by atoms with Crippen molar-refractivity contribution in [2.75, 3.05) is 24.5 Å². The lowest BCUT2D eigenvalue weighted by Gasteiger charge is -2.20. The molecule has 0 saturated carbocycles. The van der Waals surface area contributed by atoms with E-state index in [4.69, 9.17) is 9.97 Å². The number of amides is 1. The van der Waals surface area contributed by atoms with Crippen molar-refractivity contribution in [2.24, 2.45) is 5.92 Å². The highest BCUT2D eigenvalue weighted by Gasteiger charge is 2.26. The molecule has 1 saturated heterocycles. The molecule has 146 valence electrons. The Morgan fingerprint density at radius 3 is 2.76 bits per heavy atom. The molecule has 0 spiro atoms. The van der Waals surface area contributed by atoms with E-state index >= 15 is 0 Å². The maximum atomic E-state index is 12.3. The predicted molar refractivity (Wildman–Crippen MR) is 114 cm³/mol. The quantitative estimate of drug-likeness (QED) is 0.723. The van der Waals surface area contributed by atoms with Gasteiger partial charge in [-0.25, -0.2) is 9.97 Å². The summed E-state index contributed by atoms with van der Waals surface area (Å²) in [5.41, 5.74) is 3.76. The summed E-state index contributed by atoms with van der Waals surface area (Å²) in [4.78, 5) is 24.3. The van der Waals surface area contributed by atoms with Crippen LogP contribution in [-0.2, 0) is 0 Å². The first kappa shape index (κ1) is 18.9. The Labute approximate surface area is 170 Å². The standard InChI is InChI=1S/C23H23N5O/c1-2-11-25-23(29)18-8-9-19-20(13-18)26-21(17-6-4-3-5-7-17)22(27-19)28-12-10-16(14-24)15-28/h3-9,13,16H,2,10-12,15H2,1H3,(H,25,29). The monoisotopic (exact) mass is 385 g/mol. The minimum absolute atomic E-state index is 0.0146. The average Bonchev–Trinajstić information content (AvgIpc) is 3.26. The summed E-state index contributed by atoms with van der Waals surface area (Å²) in [6, 6.07) is 17.7. The van der Waals surface area contributed by atoms with E-state index in [0.717, 1.165) is 42.0 Å². The second kappa shape index (κ2) is 8.27. The molecule has 1 unspecified atom stereocenters. The van der Waals surface area contributed by atoms with Crippen LogP contribution in [0.2, 0.25) is 0 Å². The number of carbonyl (C=O) groups is 1. The van der Waals surface area contributed by atoms with E-state index in [0.29, 0.717) is 24.2 Å². The predicted octanol–water partition coefficient (Wildman–Crippen LogP) is 3.79. The molecule has 0 bridgehead atoms. The van der Waals surface area contributed by atoms with Crippen LogP contribution in [0.15, 0.2) is 48.5 Å². The third-order valence-corrected chi connectivity index (χ3v) is 5.16. The van der Waals surface area contributed by atoms with Crippen molar-refractivity contribution in [1.82, 2.24) is 15.3 Å². The summed E-state index contributed by atoms with van der Waals surface area (Å²) in [6.45, 7) is 4.12. The molecule has 1 aliphatic heterocycles. The SMILES string of the molecule is CCCNC(=O)c1ccc2nc(N3CCC(C#N)C3)c(-c3ccccc3)nc2c1. The van der Waals surface area contributed by atoms with Crippen LogP contribution in [0.25, 0.3) is 22.3 Å². The van der Waals surface area contributed by atoms with Gasteiger partial charge in [0.25, 0.3) is 5.91 Å². The normalized spacial score (nSPS) is 16.0. The minimum atomic E-state index is -0.0997. The van der Waals surface area contributed by atoms with Crippen molar-refractivity contribution in [1.29, 1.82) is 5.26 Å². The number of nitrogens with one attached hydrogen (secondary N) is 1. The Balaban J connectivity index is 1.80. The van der Waals surface area contributed by atoms with Gasteiger partial charge >= 0.3 is 0 Å². The van der Waals surface area contributed by atoms with E-state index in [1.165, 1.54) is 0 Å². The van der Waals surface area contributed by atoms with Crippen molar-refractivity contribution in [3.05, 3.63) is 54.1 Å². The fourth-order valence-corrected chi connectivity index (χ4v) is 3.60. The van der Waals surface area contributed by atoms with Crippen LogP contribution in [0.3, 0.4) is 0 Å². The van der Waals surface area contributed by atoms with Gasteiger partial charge in [-0.3, -0.25) is 4.79 Å². The van der Waals surface area contributed by atoms with Gasteiger partial charge < -0.3 is 10.2 Å². The van der Waals surface area contributed by atoms with Gasteiger partial charge in [-0.05, 0) is 31.0 Å². The molecule has 3 aromatic rings. The van der Waals surface area contributed by atoms with Gasteiger partial charge in [0, 0.05) is 30.8 Å². The third kappa shape index (κ3) is 3.90. The molecule has 1 aliphatic rings. The highest BCUT2D eigenvalue weighted by molar-refractivity contribution is 5.97. The summed E-state index contributed by atoms with van der Waals surface area (Å²) in [5.74, 6) is 0.711. The molecule has 2 heterocycles. The van der Waals surface area contributed by atoms with Crippen molar-refractivity contribution in [3.63, 3.8) is 0 Å². The van der Waals surface area contributed by atoms with Crippen LogP contribution in [0.1, 0.15) is 30.1 Å². The lowest BCUT2D eigenvalue weighted by molar-refractivity contribution is 0.0954. The summed E-state index contributed by atoms with van der Waals surface area (Å²) in [5, 5.41) is 12.2. The molecule has 0 aliphatic carbocycles. The lowest BCUT2D eigenvalue weighted by atomic mass is 10.1. The lowest BCUT2D eigenvalue weighted by Crippen LogP contribution is -2.24. The Morgan fingerprint density at radius 1 is 1.21 bits per heavy atom. The molecule has 6 heteroatoms. The highest BCUT2D eigenvalue weighted by Crippen LogP contribution is 2.32. The van der Waals surface area contributed by atoms with Gasteiger partial charge in [-0.1, -0.05) is 37.3 Å². The fourth-order valence-electron chi connectivity index (χ4n) is 3.60. The minimum Gasteiger partial charge on any atom is -0.353 e. The first-order valence-corrected chi connectivity index (χ1v) is 9.99. The number of anilines is 1. The van der Waals surface area contributed by atoms with Gasteiger partial charge in [-0.15, -0.1) is 0 Å². The molecule has 1 aromatic heterocycles. The first-order valence-electron chi connectivity index (χ1n) is 9.99. The number of hydrogen-bond donors (Lipinski definition) is 1. The molecule has 1 amide bonds. The van der Waals surface area contributed by atoms with Crippen LogP contribution >= 0.6 is 0 Å². The van der Waals surface area contributed by atoms with E-state index in [1.807, 2.05) is 43.3 Å².